The molecule has 0 heterocycles. The summed E-state index contributed by atoms with van der Waals surface area (Å²) < 4.78 is 23.6. The second kappa shape index (κ2) is 15.7. The third kappa shape index (κ3) is 7.52. The molecule has 8 rings (SSSR count). The summed E-state index contributed by atoms with van der Waals surface area (Å²) in [5.41, 5.74) is -0.503. The predicted octanol–water partition coefficient (Wildman–Crippen LogP) is 9.50. The van der Waals surface area contributed by atoms with E-state index in [1.807, 2.05) is 6.92 Å². The van der Waals surface area contributed by atoms with Gasteiger partial charge in [0.05, 0.1) is 18.8 Å². The van der Waals surface area contributed by atoms with Crippen LogP contribution >= 0.6 is 0 Å². The highest BCUT2D eigenvalue weighted by Crippen LogP contribution is 2.58. The lowest BCUT2D eigenvalue weighted by Gasteiger charge is -2.38. The van der Waals surface area contributed by atoms with E-state index in [-0.39, 0.29) is 59.9 Å². The van der Waals surface area contributed by atoms with Gasteiger partial charge in [-0.1, -0.05) is 41.5 Å². The molecule has 0 radical (unpaired) electrons. The first-order valence-electron chi connectivity index (χ1n) is 22.5. The van der Waals surface area contributed by atoms with Crippen molar-refractivity contribution in [1.82, 2.24) is 0 Å². The van der Waals surface area contributed by atoms with Gasteiger partial charge in [-0.2, -0.15) is 0 Å². The normalized spacial score (nSPS) is 45.9. The average molecular weight is 753 g/mol. The molecule has 8 saturated carbocycles. The predicted molar refractivity (Wildman–Crippen MR) is 206 cm³/mol. The number of hydrogen-bond donors (Lipinski definition) is 0. The van der Waals surface area contributed by atoms with Crippen molar-refractivity contribution >= 4 is 23.9 Å². The first kappa shape index (κ1) is 40.1. The van der Waals surface area contributed by atoms with Crippen molar-refractivity contribution < 1.29 is 38.1 Å². The Labute approximate surface area is 325 Å². The van der Waals surface area contributed by atoms with Crippen molar-refractivity contribution in [3.63, 3.8) is 0 Å². The molecular weight excluding hydrogens is 680 g/mol. The first-order chi connectivity index (χ1) is 25.7. The lowest BCUT2D eigenvalue weighted by molar-refractivity contribution is -0.174. The van der Waals surface area contributed by atoms with E-state index in [0.717, 1.165) is 68.1 Å². The van der Waals surface area contributed by atoms with Gasteiger partial charge in [-0.05, 0) is 174 Å². The highest BCUT2D eigenvalue weighted by Gasteiger charge is 2.56. The first-order valence-corrected chi connectivity index (χ1v) is 22.5. The highest BCUT2D eigenvalue weighted by atomic mass is 16.6. The minimum atomic E-state index is -0.399. The van der Waals surface area contributed by atoms with Crippen molar-refractivity contribution in [2.75, 3.05) is 0 Å². The largest absolute Gasteiger partial charge is 0.462 e. The Bertz CT molecular complexity index is 1410. The number of esters is 4. The minimum absolute atomic E-state index is 0.0345. The molecule has 8 aliphatic rings. The molecule has 8 nitrogen and oxygen atoms in total. The summed E-state index contributed by atoms with van der Waals surface area (Å²) in [5, 5.41) is 0. The van der Waals surface area contributed by atoms with Crippen LogP contribution < -0.4 is 0 Å². The summed E-state index contributed by atoms with van der Waals surface area (Å²) in [6.45, 7) is 16.8. The van der Waals surface area contributed by atoms with E-state index < -0.39 is 6.10 Å². The third-order valence-electron chi connectivity index (χ3n) is 17.8. The molecule has 0 aromatic heterocycles. The Morgan fingerprint density at radius 3 is 1.57 bits per heavy atom. The Kier molecular flexibility index (Phi) is 11.6. The summed E-state index contributed by atoms with van der Waals surface area (Å²) in [7, 11) is 0. The van der Waals surface area contributed by atoms with E-state index in [1.54, 1.807) is 0 Å². The third-order valence-corrected chi connectivity index (χ3v) is 17.8. The molecule has 18 atom stereocenters. The fourth-order valence-electron chi connectivity index (χ4n) is 14.4. The fraction of sp³-hybridized carbons (Fsp3) is 0.913. The van der Waals surface area contributed by atoms with Crippen molar-refractivity contribution in [3.8, 4) is 0 Å². The topological polar surface area (TPSA) is 105 Å². The quantitative estimate of drug-likeness (QED) is 0.143. The van der Waals surface area contributed by atoms with Crippen LogP contribution in [0.25, 0.3) is 0 Å². The lowest BCUT2D eigenvalue weighted by Crippen LogP contribution is -2.42. The molecular formula is C46H72O8. The van der Waals surface area contributed by atoms with E-state index in [4.69, 9.17) is 18.9 Å². The van der Waals surface area contributed by atoms with Gasteiger partial charge >= 0.3 is 23.9 Å². The van der Waals surface area contributed by atoms with Gasteiger partial charge in [0.1, 0.15) is 23.4 Å². The van der Waals surface area contributed by atoms with Crippen LogP contribution in [0.5, 0.6) is 0 Å². The van der Waals surface area contributed by atoms with Crippen LogP contribution in [0.1, 0.15) is 158 Å². The summed E-state index contributed by atoms with van der Waals surface area (Å²) in [5.74, 6) is 7.32. The number of ether oxygens (including phenoxy) is 4. The van der Waals surface area contributed by atoms with Gasteiger partial charge in [0.25, 0.3) is 0 Å². The number of rotatable bonds is 12. The van der Waals surface area contributed by atoms with Crippen LogP contribution in [-0.2, 0) is 38.1 Å². The summed E-state index contributed by atoms with van der Waals surface area (Å²) in [6.07, 6.45) is 15.4. The van der Waals surface area contributed by atoms with E-state index in [9.17, 15) is 19.2 Å². The van der Waals surface area contributed by atoms with Crippen LogP contribution in [0.2, 0.25) is 0 Å². The molecule has 54 heavy (non-hydrogen) atoms. The lowest BCUT2D eigenvalue weighted by atomic mass is 9.73. The highest BCUT2D eigenvalue weighted by molar-refractivity contribution is 5.75. The molecule has 0 saturated heterocycles. The number of hydrogen-bond acceptors (Lipinski definition) is 8. The standard InChI is InChI=1S/2C23H36O4/c1-5-23(12-16-6-7-18(23)8-16)27-22(25)11-21(26-15(4)24)20-10-17-9-19(20)14(3)13(17)2;1-5-23(12-16-6-7-18(23)9-16)27-21(24)8-13(2)26-22(25)20-11-17-10-19(20)15(4)14(17)3/h13-14,16-21H,5-12H2,1-4H3;13-20H,5-12H2,1-4H3. The van der Waals surface area contributed by atoms with Gasteiger partial charge in [0, 0.05) is 6.92 Å². The van der Waals surface area contributed by atoms with E-state index in [0.29, 0.717) is 47.3 Å². The van der Waals surface area contributed by atoms with E-state index in [2.05, 4.69) is 41.5 Å². The van der Waals surface area contributed by atoms with Gasteiger partial charge in [-0.3, -0.25) is 19.2 Å². The number of carbonyl (C=O) groups is 4. The van der Waals surface area contributed by atoms with Gasteiger partial charge < -0.3 is 18.9 Å². The van der Waals surface area contributed by atoms with Gasteiger partial charge in [0.2, 0.25) is 0 Å². The summed E-state index contributed by atoms with van der Waals surface area (Å²) >= 11 is 0. The fourth-order valence-corrected chi connectivity index (χ4v) is 14.4. The van der Waals surface area contributed by atoms with Gasteiger partial charge in [-0.25, -0.2) is 0 Å². The smallest absolute Gasteiger partial charge is 0.310 e. The Hall–Kier alpha value is -2.12. The summed E-state index contributed by atoms with van der Waals surface area (Å²) in [4.78, 5) is 49.9. The molecule has 0 aliphatic heterocycles. The zero-order valence-electron chi connectivity index (χ0n) is 34.8. The Balaban J connectivity index is 0.000000167. The number of fused-ring (bicyclic) bond motifs is 8. The molecule has 0 aromatic carbocycles. The summed E-state index contributed by atoms with van der Waals surface area (Å²) in [6, 6.07) is 0. The van der Waals surface area contributed by atoms with Crippen molar-refractivity contribution in [2.45, 2.75) is 182 Å². The Morgan fingerprint density at radius 2 is 1.15 bits per heavy atom. The zero-order chi connectivity index (χ0) is 38.7. The van der Waals surface area contributed by atoms with Crippen LogP contribution in [0.3, 0.4) is 0 Å². The van der Waals surface area contributed by atoms with Crippen LogP contribution in [0, 0.1) is 82.9 Å². The van der Waals surface area contributed by atoms with Crippen molar-refractivity contribution in [1.29, 1.82) is 0 Å². The molecule has 8 fully saturated rings. The van der Waals surface area contributed by atoms with Crippen molar-refractivity contribution in [2.24, 2.45) is 82.9 Å². The molecule has 0 amide bonds. The second-order valence-electron chi connectivity index (χ2n) is 20.2. The SMILES string of the molecule is CCC1(OC(=O)CC(C)OC(=O)C2CC3CC2C(C)C3C)CC2CCC1C2.CCC1(OC(=O)CC(OC(C)=O)C2CC3CC2C(C)C3C)CC2CCC1C2. The molecule has 8 heteroatoms. The molecule has 0 spiro atoms. The van der Waals surface area contributed by atoms with Crippen LogP contribution in [0.15, 0.2) is 0 Å². The average Bonchev–Trinajstić information content (AvgIpc) is 3.99. The number of carbonyl (C=O) groups excluding carboxylic acids is 4. The molecule has 0 aromatic rings. The molecule has 8 bridgehead atoms. The molecule has 0 N–H and O–H groups in total. The maximum absolute atomic E-state index is 12.9. The van der Waals surface area contributed by atoms with Gasteiger partial charge in [-0.15, -0.1) is 0 Å². The van der Waals surface area contributed by atoms with Gasteiger partial charge in [0.15, 0.2) is 0 Å². The van der Waals surface area contributed by atoms with E-state index >= 15 is 0 Å². The molecule has 8 aliphatic carbocycles. The maximum atomic E-state index is 12.9. The molecule has 304 valence electrons. The second-order valence-corrected chi connectivity index (χ2v) is 20.2. The maximum Gasteiger partial charge on any atom is 0.310 e. The Morgan fingerprint density at radius 1 is 0.630 bits per heavy atom. The zero-order valence-corrected chi connectivity index (χ0v) is 34.8. The van der Waals surface area contributed by atoms with E-state index in [1.165, 1.54) is 58.3 Å². The van der Waals surface area contributed by atoms with Crippen LogP contribution in [0.4, 0.5) is 0 Å². The van der Waals surface area contributed by atoms with Crippen molar-refractivity contribution in [3.05, 3.63) is 0 Å². The molecule has 18 unspecified atom stereocenters. The monoisotopic (exact) mass is 753 g/mol. The van der Waals surface area contributed by atoms with Crippen LogP contribution in [-0.4, -0.2) is 47.3 Å². The minimum Gasteiger partial charge on any atom is -0.462 e.